The maximum Gasteiger partial charge on any atom is 0.307 e. The summed E-state index contributed by atoms with van der Waals surface area (Å²) in [6.45, 7) is 1.37. The van der Waals surface area contributed by atoms with Crippen LogP contribution in [0.15, 0.2) is 71.6 Å². The molecule has 0 bridgehead atoms. The summed E-state index contributed by atoms with van der Waals surface area (Å²) in [5.74, 6) is -0.942. The van der Waals surface area contributed by atoms with E-state index in [9.17, 15) is 18.0 Å². The number of carbonyl (C=O) groups is 2. The van der Waals surface area contributed by atoms with Crippen LogP contribution in [-0.4, -0.2) is 33.3 Å². The quantitative estimate of drug-likeness (QED) is 0.328. The Hall–Kier alpha value is -3.29. The molecular weight excluding hydrogens is 426 g/mol. The molecule has 0 aromatic heterocycles. The summed E-state index contributed by atoms with van der Waals surface area (Å²) in [5.41, 5.74) is 5.98. The van der Waals surface area contributed by atoms with Crippen molar-refractivity contribution in [1.82, 2.24) is 4.72 Å². The lowest BCUT2D eigenvalue weighted by Gasteiger charge is -2.08. The Balaban J connectivity index is 1.29. The number of benzene rings is 3. The second-order valence-electron chi connectivity index (χ2n) is 7.75. The number of rotatable bonds is 8. The smallest absolute Gasteiger partial charge is 0.307 e. The Kier molecular flexibility index (Phi) is 6.21. The van der Waals surface area contributed by atoms with Crippen molar-refractivity contribution < 1.29 is 22.7 Å². The monoisotopic (exact) mass is 449 g/mol. The summed E-state index contributed by atoms with van der Waals surface area (Å²) in [4.78, 5) is 24.6. The second-order valence-corrected chi connectivity index (χ2v) is 9.52. The van der Waals surface area contributed by atoms with Gasteiger partial charge in [0.1, 0.15) is 0 Å². The first-order valence-electron chi connectivity index (χ1n) is 10.3. The van der Waals surface area contributed by atoms with Gasteiger partial charge >= 0.3 is 5.97 Å². The zero-order valence-corrected chi connectivity index (χ0v) is 18.4. The van der Waals surface area contributed by atoms with Gasteiger partial charge in [0.15, 0.2) is 12.4 Å². The number of fused-ring (bicyclic) bond motifs is 3. The highest BCUT2D eigenvalue weighted by Crippen LogP contribution is 2.36. The molecule has 1 aliphatic carbocycles. The number of nitrogens with one attached hydrogen (secondary N) is 1. The van der Waals surface area contributed by atoms with E-state index >= 15 is 0 Å². The number of Topliss-reactive ketones (excluding diaryl/α,β-unsaturated/α-hetero) is 1. The van der Waals surface area contributed by atoms with Crippen LogP contribution < -0.4 is 4.72 Å². The van der Waals surface area contributed by atoms with Gasteiger partial charge in [-0.1, -0.05) is 54.1 Å². The van der Waals surface area contributed by atoms with Crippen LogP contribution in [0.2, 0.25) is 0 Å². The first-order valence-corrected chi connectivity index (χ1v) is 11.8. The van der Waals surface area contributed by atoms with Gasteiger partial charge in [-0.25, -0.2) is 13.1 Å². The van der Waals surface area contributed by atoms with Crippen molar-refractivity contribution in [2.24, 2.45) is 0 Å². The average molecular weight is 450 g/mol. The van der Waals surface area contributed by atoms with Gasteiger partial charge in [0.2, 0.25) is 10.0 Å². The first kappa shape index (κ1) is 21.9. The highest BCUT2D eigenvalue weighted by atomic mass is 32.2. The number of esters is 1. The molecule has 0 heterocycles. The van der Waals surface area contributed by atoms with Gasteiger partial charge in [-0.05, 0) is 53.8 Å². The molecule has 0 unspecified atom stereocenters. The van der Waals surface area contributed by atoms with Crippen molar-refractivity contribution in [3.63, 3.8) is 0 Å². The van der Waals surface area contributed by atoms with Gasteiger partial charge in [0.25, 0.3) is 0 Å². The normalized spacial score (nSPS) is 12.2. The van der Waals surface area contributed by atoms with Gasteiger partial charge in [0, 0.05) is 12.1 Å². The van der Waals surface area contributed by atoms with Gasteiger partial charge in [-0.15, -0.1) is 0 Å². The molecule has 3 aromatic carbocycles. The Morgan fingerprint density at radius 1 is 0.938 bits per heavy atom. The van der Waals surface area contributed by atoms with Crippen molar-refractivity contribution in [1.29, 1.82) is 0 Å². The predicted molar refractivity (Wildman–Crippen MR) is 121 cm³/mol. The number of sulfonamides is 1. The summed E-state index contributed by atoms with van der Waals surface area (Å²) in [5, 5.41) is 0. The molecule has 0 saturated heterocycles. The molecule has 0 fully saturated rings. The second kappa shape index (κ2) is 9.06. The molecule has 4 rings (SSSR count). The van der Waals surface area contributed by atoms with Gasteiger partial charge in [-0.3, -0.25) is 9.59 Å². The van der Waals surface area contributed by atoms with Crippen molar-refractivity contribution in [2.45, 2.75) is 24.7 Å². The maximum atomic E-state index is 12.5. The fraction of sp³-hybridized carbons (Fsp3) is 0.200. The average Bonchev–Trinajstić information content (AvgIpc) is 3.15. The Morgan fingerprint density at radius 2 is 1.66 bits per heavy atom. The standard InChI is InChI=1S/C25H23NO5S/c1-17-6-10-21(11-7-17)32(29,30)26-13-12-25(28)31-16-24(27)20-9-8-19-14-18-4-2-3-5-22(18)23(19)15-20/h2-11,15,26H,12-14,16H2,1H3. The number of hydrogen-bond acceptors (Lipinski definition) is 5. The van der Waals surface area contributed by atoms with Gasteiger partial charge in [-0.2, -0.15) is 0 Å². The first-order chi connectivity index (χ1) is 15.3. The van der Waals surface area contributed by atoms with Crippen LogP contribution in [0, 0.1) is 6.92 Å². The molecule has 164 valence electrons. The Morgan fingerprint density at radius 3 is 2.44 bits per heavy atom. The van der Waals surface area contributed by atoms with Crippen LogP contribution in [-0.2, 0) is 26.0 Å². The van der Waals surface area contributed by atoms with E-state index in [1.807, 2.05) is 37.3 Å². The lowest BCUT2D eigenvalue weighted by molar-refractivity contribution is -0.142. The van der Waals surface area contributed by atoms with E-state index < -0.39 is 16.0 Å². The molecule has 1 aliphatic rings. The van der Waals surface area contributed by atoms with E-state index in [4.69, 9.17) is 4.74 Å². The minimum absolute atomic E-state index is 0.112. The van der Waals surface area contributed by atoms with Gasteiger partial charge in [0.05, 0.1) is 11.3 Å². The van der Waals surface area contributed by atoms with Crippen molar-refractivity contribution >= 4 is 21.8 Å². The number of aryl methyl sites for hydroxylation is 1. The number of ether oxygens (including phenoxy) is 1. The van der Waals surface area contributed by atoms with E-state index in [0.717, 1.165) is 23.1 Å². The van der Waals surface area contributed by atoms with Crippen molar-refractivity contribution in [3.8, 4) is 11.1 Å². The molecule has 32 heavy (non-hydrogen) atoms. The van der Waals surface area contributed by atoms with Crippen LogP contribution in [0.4, 0.5) is 0 Å². The maximum absolute atomic E-state index is 12.5. The minimum Gasteiger partial charge on any atom is -0.457 e. The van der Waals surface area contributed by atoms with E-state index in [2.05, 4.69) is 10.8 Å². The lowest BCUT2D eigenvalue weighted by atomic mass is 10.0. The molecule has 0 aliphatic heterocycles. The van der Waals surface area contributed by atoms with Crippen LogP contribution in [0.3, 0.4) is 0 Å². The third kappa shape index (κ3) is 4.79. The van der Waals surface area contributed by atoms with Crippen LogP contribution in [0.1, 0.15) is 33.5 Å². The van der Waals surface area contributed by atoms with Crippen molar-refractivity contribution in [3.05, 3.63) is 89.0 Å². The van der Waals surface area contributed by atoms with E-state index in [1.54, 1.807) is 18.2 Å². The fourth-order valence-corrected chi connectivity index (χ4v) is 4.72. The van der Waals surface area contributed by atoms with Crippen molar-refractivity contribution in [2.75, 3.05) is 13.2 Å². The molecule has 7 heteroatoms. The molecule has 0 amide bonds. The van der Waals surface area contributed by atoms with Gasteiger partial charge < -0.3 is 4.74 Å². The molecule has 0 spiro atoms. The molecule has 0 radical (unpaired) electrons. The highest BCUT2D eigenvalue weighted by Gasteiger charge is 2.20. The number of carbonyl (C=O) groups excluding carboxylic acids is 2. The van der Waals surface area contributed by atoms with Crippen LogP contribution >= 0.6 is 0 Å². The molecule has 6 nitrogen and oxygen atoms in total. The molecule has 0 atom stereocenters. The Bertz CT molecular complexity index is 1280. The number of hydrogen-bond donors (Lipinski definition) is 1. The van der Waals surface area contributed by atoms with E-state index in [-0.39, 0.29) is 30.3 Å². The number of ketones is 1. The molecule has 3 aromatic rings. The Labute approximate surface area is 187 Å². The summed E-state index contributed by atoms with van der Waals surface area (Å²) >= 11 is 0. The minimum atomic E-state index is -3.70. The summed E-state index contributed by atoms with van der Waals surface area (Å²) in [6, 6.07) is 20.0. The molecule has 0 saturated carbocycles. The predicted octanol–water partition coefficient (Wildman–Crippen LogP) is 3.66. The largest absolute Gasteiger partial charge is 0.457 e. The highest BCUT2D eigenvalue weighted by molar-refractivity contribution is 7.89. The molecule has 1 N–H and O–H groups in total. The summed E-state index contributed by atoms with van der Waals surface area (Å²) in [7, 11) is -3.70. The zero-order valence-electron chi connectivity index (χ0n) is 17.6. The molecular formula is C25H23NO5S. The third-order valence-corrected chi connectivity index (χ3v) is 6.91. The van der Waals surface area contributed by atoms with Crippen LogP contribution in [0.25, 0.3) is 11.1 Å². The summed E-state index contributed by atoms with van der Waals surface area (Å²) in [6.07, 6.45) is 0.670. The third-order valence-electron chi connectivity index (χ3n) is 5.44. The lowest BCUT2D eigenvalue weighted by Crippen LogP contribution is -2.27. The van der Waals surface area contributed by atoms with E-state index in [0.29, 0.717) is 5.56 Å². The van der Waals surface area contributed by atoms with E-state index in [1.165, 1.54) is 23.3 Å². The topological polar surface area (TPSA) is 89.5 Å². The fourth-order valence-electron chi connectivity index (χ4n) is 3.69. The van der Waals surface area contributed by atoms with Crippen LogP contribution in [0.5, 0.6) is 0 Å². The summed E-state index contributed by atoms with van der Waals surface area (Å²) < 4.78 is 31.9. The zero-order chi connectivity index (χ0) is 22.7. The SMILES string of the molecule is Cc1ccc(S(=O)(=O)NCCC(=O)OCC(=O)c2ccc3c(c2)-c2ccccc2C3)cc1.